The van der Waals surface area contributed by atoms with E-state index in [2.05, 4.69) is 5.32 Å². The Morgan fingerprint density at radius 2 is 1.87 bits per heavy atom. The van der Waals surface area contributed by atoms with Crippen molar-refractivity contribution in [2.24, 2.45) is 5.92 Å². The van der Waals surface area contributed by atoms with E-state index in [1.807, 2.05) is 50.4 Å². The molecule has 5 heteroatoms. The lowest BCUT2D eigenvalue weighted by Gasteiger charge is -2.09. The van der Waals surface area contributed by atoms with E-state index in [4.69, 9.17) is 4.74 Å². The molecule has 1 N–H and O–H groups in total. The van der Waals surface area contributed by atoms with Gasteiger partial charge in [0.05, 0.1) is 7.11 Å². The standard InChI is InChI=1S/C18H21NO3S/c1-11(2)9-15(20)19-17-16(18(21)22-4)14(10-23-17)13-7-5-12(3)6-8-13/h5-8,10-11H,9H2,1-4H3,(H,19,20). The van der Waals surface area contributed by atoms with Crippen LogP contribution in [0.5, 0.6) is 0 Å². The third kappa shape index (κ3) is 4.20. The maximum atomic E-state index is 12.2. The number of hydrogen-bond acceptors (Lipinski definition) is 4. The predicted octanol–water partition coefficient (Wildman–Crippen LogP) is 4.49. The Hall–Kier alpha value is -2.14. The first-order chi connectivity index (χ1) is 10.9. The average molecular weight is 331 g/mol. The summed E-state index contributed by atoms with van der Waals surface area (Å²) in [5.41, 5.74) is 3.27. The molecule has 0 fully saturated rings. The zero-order valence-electron chi connectivity index (χ0n) is 13.8. The number of aryl methyl sites for hydroxylation is 1. The molecule has 0 atom stereocenters. The summed E-state index contributed by atoms with van der Waals surface area (Å²) in [6, 6.07) is 7.91. The van der Waals surface area contributed by atoms with Crippen LogP contribution < -0.4 is 5.32 Å². The lowest BCUT2D eigenvalue weighted by Crippen LogP contribution is -2.15. The first-order valence-corrected chi connectivity index (χ1v) is 8.37. The molecule has 23 heavy (non-hydrogen) atoms. The largest absolute Gasteiger partial charge is 0.465 e. The molecule has 0 bridgehead atoms. The highest BCUT2D eigenvalue weighted by molar-refractivity contribution is 7.15. The topological polar surface area (TPSA) is 55.4 Å². The van der Waals surface area contributed by atoms with Crippen molar-refractivity contribution in [3.8, 4) is 11.1 Å². The third-order valence-corrected chi connectivity index (χ3v) is 4.29. The smallest absolute Gasteiger partial charge is 0.341 e. The number of nitrogens with one attached hydrogen (secondary N) is 1. The van der Waals surface area contributed by atoms with Gasteiger partial charge in [0.25, 0.3) is 0 Å². The molecule has 0 saturated heterocycles. The van der Waals surface area contributed by atoms with Crippen LogP contribution in [0.2, 0.25) is 0 Å². The van der Waals surface area contributed by atoms with Gasteiger partial charge in [-0.3, -0.25) is 4.79 Å². The molecule has 0 aliphatic carbocycles. The van der Waals surface area contributed by atoms with Gasteiger partial charge in [-0.05, 0) is 18.4 Å². The van der Waals surface area contributed by atoms with Gasteiger partial charge >= 0.3 is 5.97 Å². The van der Waals surface area contributed by atoms with Crippen LogP contribution in [0.1, 0.15) is 36.2 Å². The summed E-state index contributed by atoms with van der Waals surface area (Å²) in [7, 11) is 1.35. The SMILES string of the molecule is COC(=O)c1c(-c2ccc(C)cc2)csc1NC(=O)CC(C)C. The second-order valence-corrected chi connectivity index (χ2v) is 6.74. The fourth-order valence-electron chi connectivity index (χ4n) is 2.25. The van der Waals surface area contributed by atoms with Gasteiger partial charge in [0.15, 0.2) is 0 Å². The zero-order valence-corrected chi connectivity index (χ0v) is 14.6. The van der Waals surface area contributed by atoms with Gasteiger partial charge in [0.2, 0.25) is 5.91 Å². The average Bonchev–Trinajstić information content (AvgIpc) is 2.89. The van der Waals surface area contributed by atoms with Crippen molar-refractivity contribution in [3.63, 3.8) is 0 Å². The quantitative estimate of drug-likeness (QED) is 0.821. The summed E-state index contributed by atoms with van der Waals surface area (Å²) in [4.78, 5) is 24.2. The van der Waals surface area contributed by atoms with Gasteiger partial charge < -0.3 is 10.1 Å². The maximum absolute atomic E-state index is 12.2. The van der Waals surface area contributed by atoms with Crippen LogP contribution in [0.15, 0.2) is 29.6 Å². The number of methoxy groups -OCH3 is 1. The number of thiophene rings is 1. The Labute approximate surface area is 140 Å². The minimum Gasteiger partial charge on any atom is -0.465 e. The molecule has 0 unspecified atom stereocenters. The number of rotatable bonds is 5. The van der Waals surface area contributed by atoms with E-state index < -0.39 is 5.97 Å². The van der Waals surface area contributed by atoms with Crippen LogP contribution in [-0.2, 0) is 9.53 Å². The number of ether oxygens (including phenoxy) is 1. The van der Waals surface area contributed by atoms with Crippen LogP contribution in [0.3, 0.4) is 0 Å². The molecule has 1 aromatic heterocycles. The Bertz CT molecular complexity index is 702. The van der Waals surface area contributed by atoms with E-state index in [-0.39, 0.29) is 11.8 Å². The molecule has 1 amide bonds. The molecule has 1 heterocycles. The molecule has 0 saturated carbocycles. The summed E-state index contributed by atoms with van der Waals surface area (Å²) < 4.78 is 4.90. The van der Waals surface area contributed by atoms with Crippen molar-refractivity contribution < 1.29 is 14.3 Å². The van der Waals surface area contributed by atoms with Crippen molar-refractivity contribution in [1.29, 1.82) is 0 Å². The van der Waals surface area contributed by atoms with Crippen molar-refractivity contribution in [3.05, 3.63) is 40.8 Å². The minimum absolute atomic E-state index is 0.0949. The molecular formula is C18H21NO3S. The Morgan fingerprint density at radius 3 is 2.43 bits per heavy atom. The van der Waals surface area contributed by atoms with Crippen LogP contribution in [0, 0.1) is 12.8 Å². The molecular weight excluding hydrogens is 310 g/mol. The summed E-state index contributed by atoms with van der Waals surface area (Å²) in [6.07, 6.45) is 0.415. The first kappa shape index (κ1) is 17.2. The number of amides is 1. The number of benzene rings is 1. The fourth-order valence-corrected chi connectivity index (χ4v) is 3.22. The zero-order chi connectivity index (χ0) is 17.0. The molecule has 2 aromatic rings. The summed E-state index contributed by atoms with van der Waals surface area (Å²) in [5.74, 6) is -0.280. The van der Waals surface area contributed by atoms with E-state index in [0.717, 1.165) is 16.7 Å². The highest BCUT2D eigenvalue weighted by Gasteiger charge is 2.22. The molecule has 2 rings (SSSR count). The van der Waals surface area contributed by atoms with E-state index in [9.17, 15) is 9.59 Å². The Balaban J connectivity index is 2.39. The summed E-state index contributed by atoms with van der Waals surface area (Å²) in [6.45, 7) is 5.97. The van der Waals surface area contributed by atoms with Gasteiger partial charge in [0, 0.05) is 17.4 Å². The van der Waals surface area contributed by atoms with Gasteiger partial charge in [-0.15, -0.1) is 11.3 Å². The van der Waals surface area contributed by atoms with E-state index in [0.29, 0.717) is 17.0 Å². The maximum Gasteiger partial charge on any atom is 0.341 e. The van der Waals surface area contributed by atoms with Crippen LogP contribution in [-0.4, -0.2) is 19.0 Å². The Kier molecular flexibility index (Phi) is 5.55. The second kappa shape index (κ2) is 7.42. The first-order valence-electron chi connectivity index (χ1n) is 7.49. The number of carbonyl (C=O) groups excluding carboxylic acids is 2. The van der Waals surface area contributed by atoms with Crippen molar-refractivity contribution in [2.75, 3.05) is 12.4 Å². The van der Waals surface area contributed by atoms with Crippen LogP contribution in [0.4, 0.5) is 5.00 Å². The fraction of sp³-hybridized carbons (Fsp3) is 0.333. The van der Waals surface area contributed by atoms with Crippen LogP contribution >= 0.6 is 11.3 Å². The highest BCUT2D eigenvalue weighted by Crippen LogP contribution is 2.36. The molecule has 0 spiro atoms. The molecule has 0 radical (unpaired) electrons. The van der Waals surface area contributed by atoms with Gasteiger partial charge in [0.1, 0.15) is 10.6 Å². The van der Waals surface area contributed by atoms with E-state index in [1.165, 1.54) is 18.4 Å². The van der Waals surface area contributed by atoms with Crippen molar-refractivity contribution in [1.82, 2.24) is 0 Å². The molecule has 122 valence electrons. The number of carbonyl (C=O) groups is 2. The molecule has 0 aliphatic heterocycles. The number of anilines is 1. The Morgan fingerprint density at radius 1 is 1.22 bits per heavy atom. The van der Waals surface area contributed by atoms with Gasteiger partial charge in [-0.25, -0.2) is 4.79 Å². The third-order valence-electron chi connectivity index (χ3n) is 3.39. The molecule has 1 aromatic carbocycles. The number of esters is 1. The number of hydrogen-bond donors (Lipinski definition) is 1. The van der Waals surface area contributed by atoms with Gasteiger partial charge in [-0.2, -0.15) is 0 Å². The summed E-state index contributed by atoms with van der Waals surface area (Å²) in [5, 5.41) is 5.25. The molecule has 0 aliphatic rings. The van der Waals surface area contributed by atoms with Crippen molar-refractivity contribution >= 4 is 28.2 Å². The van der Waals surface area contributed by atoms with Crippen molar-refractivity contribution in [2.45, 2.75) is 27.2 Å². The van der Waals surface area contributed by atoms with Gasteiger partial charge in [-0.1, -0.05) is 43.7 Å². The predicted molar refractivity (Wildman–Crippen MR) is 93.9 cm³/mol. The highest BCUT2D eigenvalue weighted by atomic mass is 32.1. The lowest BCUT2D eigenvalue weighted by atomic mass is 10.0. The lowest BCUT2D eigenvalue weighted by molar-refractivity contribution is -0.116. The normalized spacial score (nSPS) is 10.7. The second-order valence-electron chi connectivity index (χ2n) is 5.86. The summed E-state index contributed by atoms with van der Waals surface area (Å²) >= 11 is 1.34. The van der Waals surface area contributed by atoms with Crippen LogP contribution in [0.25, 0.3) is 11.1 Å². The van der Waals surface area contributed by atoms with E-state index >= 15 is 0 Å². The van der Waals surface area contributed by atoms with E-state index in [1.54, 1.807) is 0 Å². The minimum atomic E-state index is -0.443. The molecule has 4 nitrogen and oxygen atoms in total. The monoisotopic (exact) mass is 331 g/mol.